The summed E-state index contributed by atoms with van der Waals surface area (Å²) in [6.45, 7) is 3.48. The minimum Gasteiger partial charge on any atom is -0.368 e. The van der Waals surface area contributed by atoms with Crippen LogP contribution in [0.5, 0.6) is 0 Å². The minimum absolute atomic E-state index is 0.0341. The number of benzene rings is 2. The van der Waals surface area contributed by atoms with Crippen LogP contribution in [0.25, 0.3) is 11.1 Å². The van der Waals surface area contributed by atoms with E-state index >= 15 is 0 Å². The quantitative estimate of drug-likeness (QED) is 0.323. The summed E-state index contributed by atoms with van der Waals surface area (Å²) in [7, 11) is 0. The van der Waals surface area contributed by atoms with Crippen molar-refractivity contribution in [2.24, 2.45) is 11.7 Å². The molecule has 1 fully saturated rings. The summed E-state index contributed by atoms with van der Waals surface area (Å²) in [5.41, 5.74) is 4.07. The molecule has 5 nitrogen and oxygen atoms in total. The highest BCUT2D eigenvalue weighted by atomic mass is 19.4. The summed E-state index contributed by atoms with van der Waals surface area (Å²) in [5, 5.41) is 9.75. The Hall–Kier alpha value is -3.39. The van der Waals surface area contributed by atoms with E-state index in [2.05, 4.69) is 0 Å². The minimum atomic E-state index is -5.03. The number of primary amides is 1. The molecule has 0 aromatic heterocycles. The number of nitriles is 1. The number of hydrogen-bond acceptors (Lipinski definition) is 4. The molecule has 2 aromatic rings. The monoisotopic (exact) mass is 525 g/mol. The van der Waals surface area contributed by atoms with Gasteiger partial charge in [-0.1, -0.05) is 62.4 Å². The van der Waals surface area contributed by atoms with E-state index in [1.54, 1.807) is 13.8 Å². The van der Waals surface area contributed by atoms with E-state index in [9.17, 15) is 41.2 Å². The number of nitrogens with zero attached hydrogens (tertiary/aromatic N) is 2. The first-order chi connectivity index (χ1) is 17.1. The number of carbonyl (C=O) groups excluding carboxylic acids is 2. The van der Waals surface area contributed by atoms with Gasteiger partial charge < -0.3 is 5.73 Å². The molecule has 2 N–H and O–H groups in total. The predicted octanol–water partition coefficient (Wildman–Crippen LogP) is 5.96. The van der Waals surface area contributed by atoms with E-state index in [0.717, 1.165) is 17.0 Å². The smallest absolute Gasteiger partial charge is 0.368 e. The number of carbonyl (C=O) groups is 2. The predicted molar refractivity (Wildman–Crippen MR) is 123 cm³/mol. The maximum Gasteiger partial charge on any atom is 0.454 e. The fourth-order valence-electron chi connectivity index (χ4n) is 4.43. The zero-order valence-electron chi connectivity index (χ0n) is 20.0. The van der Waals surface area contributed by atoms with Crippen molar-refractivity contribution in [3.63, 3.8) is 0 Å². The van der Waals surface area contributed by atoms with Gasteiger partial charge >= 0.3 is 12.4 Å². The van der Waals surface area contributed by atoms with Crippen molar-refractivity contribution in [2.45, 2.75) is 63.1 Å². The highest BCUT2D eigenvalue weighted by molar-refractivity contribution is 6.00. The van der Waals surface area contributed by atoms with Gasteiger partial charge in [0.05, 0.1) is 12.1 Å². The molecule has 2 atom stereocenters. The van der Waals surface area contributed by atoms with Crippen LogP contribution in [0.2, 0.25) is 0 Å². The lowest BCUT2D eigenvalue weighted by Crippen LogP contribution is -2.56. The zero-order chi connectivity index (χ0) is 27.8. The van der Waals surface area contributed by atoms with Crippen LogP contribution < -0.4 is 5.73 Å². The van der Waals surface area contributed by atoms with Crippen molar-refractivity contribution in [3.05, 3.63) is 59.7 Å². The van der Waals surface area contributed by atoms with E-state index in [0.29, 0.717) is 11.1 Å². The van der Waals surface area contributed by atoms with Crippen LogP contribution in [0.3, 0.4) is 0 Å². The van der Waals surface area contributed by atoms with E-state index in [1.807, 2.05) is 6.07 Å². The maximum absolute atomic E-state index is 14.5. The lowest BCUT2D eigenvalue weighted by atomic mass is 9.93. The number of amides is 1. The molecule has 11 heteroatoms. The molecule has 0 radical (unpaired) electrons. The first-order valence-electron chi connectivity index (χ1n) is 11.5. The SMILES string of the molecule is CC(C)CC(C(N)=O)N([C@@H](c1ccc(-c2ccc(C(=O)C(F)(F)F)cc2)cc1)C(F)(F)F)C1(C#N)CC1. The summed E-state index contributed by atoms with van der Waals surface area (Å²) < 4.78 is 81.5. The average Bonchev–Trinajstić information content (AvgIpc) is 3.60. The van der Waals surface area contributed by atoms with E-state index in [-0.39, 0.29) is 30.7 Å². The molecular formula is C26H25F6N3O2. The number of alkyl halides is 6. The topological polar surface area (TPSA) is 87.2 Å². The fourth-order valence-corrected chi connectivity index (χ4v) is 4.43. The molecule has 1 unspecified atom stereocenters. The summed E-state index contributed by atoms with van der Waals surface area (Å²) >= 11 is 0. The third kappa shape index (κ3) is 6.13. The first kappa shape index (κ1) is 28.2. The molecule has 0 saturated heterocycles. The van der Waals surface area contributed by atoms with Gasteiger partial charge in [-0.3, -0.25) is 14.5 Å². The Bertz CT molecular complexity index is 1180. The van der Waals surface area contributed by atoms with Crippen LogP contribution in [0, 0.1) is 17.2 Å². The van der Waals surface area contributed by atoms with Gasteiger partial charge in [0, 0.05) is 5.56 Å². The van der Waals surface area contributed by atoms with Crippen LogP contribution >= 0.6 is 0 Å². The molecule has 1 saturated carbocycles. The molecular weight excluding hydrogens is 500 g/mol. The molecule has 0 spiro atoms. The molecule has 0 aliphatic heterocycles. The second-order valence-corrected chi connectivity index (χ2v) is 9.57. The van der Waals surface area contributed by atoms with Crippen molar-refractivity contribution in [2.75, 3.05) is 0 Å². The molecule has 3 rings (SSSR count). The Morgan fingerprint density at radius 1 is 0.973 bits per heavy atom. The molecule has 2 aromatic carbocycles. The van der Waals surface area contributed by atoms with Crippen LogP contribution in [-0.2, 0) is 4.79 Å². The van der Waals surface area contributed by atoms with E-state index < -0.39 is 47.2 Å². The maximum atomic E-state index is 14.5. The summed E-state index contributed by atoms with van der Waals surface area (Å²) in [6.07, 6.45) is -9.51. The zero-order valence-corrected chi connectivity index (χ0v) is 20.0. The average molecular weight is 525 g/mol. The number of hydrogen-bond donors (Lipinski definition) is 1. The fraction of sp³-hybridized carbons (Fsp3) is 0.423. The number of ketones is 1. The standard InChI is InChI=1S/C26H25F6N3O2/c1-15(2)13-20(23(34)37)35(24(14-33)11-12-24)21(25(27,28)29)18-7-3-16(4-8-18)17-5-9-19(10-6-17)22(36)26(30,31)32/h3-10,15,20-21H,11-13H2,1-2H3,(H2,34,37)/t20?,21-/m0/s1. The Morgan fingerprint density at radius 2 is 1.46 bits per heavy atom. The van der Waals surface area contributed by atoms with E-state index in [1.165, 1.54) is 36.4 Å². The molecule has 0 bridgehead atoms. The van der Waals surface area contributed by atoms with Gasteiger partial charge in [0.25, 0.3) is 5.78 Å². The van der Waals surface area contributed by atoms with Gasteiger partial charge in [0.2, 0.25) is 5.91 Å². The Morgan fingerprint density at radius 3 is 1.81 bits per heavy atom. The first-order valence-corrected chi connectivity index (χ1v) is 11.5. The summed E-state index contributed by atoms with van der Waals surface area (Å²) in [5.74, 6) is -3.12. The number of rotatable bonds is 9. The van der Waals surface area contributed by atoms with Crippen molar-refractivity contribution in [1.82, 2.24) is 4.90 Å². The second-order valence-electron chi connectivity index (χ2n) is 9.57. The molecule has 198 valence electrons. The normalized spacial score (nSPS) is 16.8. The van der Waals surface area contributed by atoms with Gasteiger partial charge in [-0.2, -0.15) is 31.6 Å². The van der Waals surface area contributed by atoms with Gasteiger partial charge in [-0.15, -0.1) is 0 Å². The van der Waals surface area contributed by atoms with Crippen LogP contribution in [-0.4, -0.2) is 40.5 Å². The molecule has 1 aliphatic rings. The van der Waals surface area contributed by atoms with Crippen LogP contribution in [0.15, 0.2) is 48.5 Å². The second kappa shape index (κ2) is 10.2. The number of Topliss-reactive ketones (excluding diaryl/α,β-unsaturated/α-hetero) is 1. The number of halogens is 6. The van der Waals surface area contributed by atoms with Crippen molar-refractivity contribution >= 4 is 11.7 Å². The van der Waals surface area contributed by atoms with Crippen LogP contribution in [0.4, 0.5) is 26.3 Å². The molecule has 1 amide bonds. The Kier molecular flexibility index (Phi) is 7.75. The number of nitrogens with two attached hydrogens (primary N) is 1. The third-order valence-electron chi connectivity index (χ3n) is 6.34. The van der Waals surface area contributed by atoms with Crippen LogP contribution in [0.1, 0.15) is 55.1 Å². The molecule has 37 heavy (non-hydrogen) atoms. The highest BCUT2D eigenvalue weighted by Gasteiger charge is 2.60. The Labute approximate surface area is 209 Å². The van der Waals surface area contributed by atoms with Gasteiger partial charge in [-0.25, -0.2) is 0 Å². The van der Waals surface area contributed by atoms with Gasteiger partial charge in [0.1, 0.15) is 11.6 Å². The van der Waals surface area contributed by atoms with Gasteiger partial charge in [-0.05, 0) is 41.9 Å². The molecule has 0 heterocycles. The van der Waals surface area contributed by atoms with Gasteiger partial charge in [0.15, 0.2) is 0 Å². The Balaban J connectivity index is 2.01. The van der Waals surface area contributed by atoms with Crippen molar-refractivity contribution < 1.29 is 35.9 Å². The largest absolute Gasteiger partial charge is 0.454 e. The lowest BCUT2D eigenvalue weighted by Gasteiger charge is -2.41. The highest BCUT2D eigenvalue weighted by Crippen LogP contribution is 2.52. The molecule has 1 aliphatic carbocycles. The lowest BCUT2D eigenvalue weighted by molar-refractivity contribution is -0.200. The van der Waals surface area contributed by atoms with Crippen molar-refractivity contribution in [1.29, 1.82) is 5.26 Å². The summed E-state index contributed by atoms with van der Waals surface area (Å²) in [6, 6.07) is 7.99. The third-order valence-corrected chi connectivity index (χ3v) is 6.34. The summed E-state index contributed by atoms with van der Waals surface area (Å²) in [4.78, 5) is 24.6. The van der Waals surface area contributed by atoms with E-state index in [4.69, 9.17) is 5.73 Å². The van der Waals surface area contributed by atoms with Crippen molar-refractivity contribution in [3.8, 4) is 17.2 Å².